The number of nitro groups is 1. The molecule has 0 aliphatic rings. The first-order chi connectivity index (χ1) is 14.1. The molecule has 2 aromatic carbocycles. The summed E-state index contributed by atoms with van der Waals surface area (Å²) in [6.07, 6.45) is -4.67. The summed E-state index contributed by atoms with van der Waals surface area (Å²) in [6.45, 7) is -0.970. The van der Waals surface area contributed by atoms with Crippen molar-refractivity contribution in [1.29, 1.82) is 0 Å². The fourth-order valence-corrected chi connectivity index (χ4v) is 2.96. The van der Waals surface area contributed by atoms with E-state index in [-0.39, 0.29) is 11.8 Å². The van der Waals surface area contributed by atoms with Gasteiger partial charge in [-0.1, -0.05) is 6.07 Å². The van der Waals surface area contributed by atoms with Gasteiger partial charge in [-0.3, -0.25) is 14.9 Å². The van der Waals surface area contributed by atoms with Gasteiger partial charge in [-0.25, -0.2) is 8.42 Å². The third kappa shape index (κ3) is 5.62. The number of benzene rings is 2. The van der Waals surface area contributed by atoms with Crippen molar-refractivity contribution >= 4 is 27.1 Å². The Labute approximate surface area is 169 Å². The number of amides is 1. The highest BCUT2D eigenvalue weighted by atomic mass is 32.2. The van der Waals surface area contributed by atoms with Crippen molar-refractivity contribution in [2.75, 3.05) is 11.9 Å². The summed E-state index contributed by atoms with van der Waals surface area (Å²) in [6, 6.07) is 4.59. The molecule has 8 nitrogen and oxygen atoms in total. The molecule has 0 unspecified atom stereocenters. The van der Waals surface area contributed by atoms with Crippen molar-refractivity contribution in [3.8, 4) is 5.75 Å². The highest BCUT2D eigenvalue weighted by molar-refractivity contribution is 7.92. The van der Waals surface area contributed by atoms with Gasteiger partial charge in [0, 0.05) is 11.8 Å². The molecule has 0 saturated heterocycles. The van der Waals surface area contributed by atoms with Crippen LogP contribution in [0, 0.1) is 10.1 Å². The minimum atomic E-state index is -5.87. The van der Waals surface area contributed by atoms with Crippen LogP contribution < -0.4 is 10.1 Å². The molecule has 2 aromatic rings. The van der Waals surface area contributed by atoms with Crippen molar-refractivity contribution in [2.24, 2.45) is 0 Å². The molecule has 0 fully saturated rings. The van der Waals surface area contributed by atoms with E-state index >= 15 is 0 Å². The zero-order valence-electron chi connectivity index (χ0n) is 14.8. The Bertz CT molecular complexity index is 1110. The normalized spacial score (nSPS) is 12.3. The number of sulfone groups is 1. The Hall–Kier alpha value is -3.36. The van der Waals surface area contributed by atoms with Crippen LogP contribution in [0.5, 0.6) is 5.75 Å². The maximum atomic E-state index is 12.7. The smallest absolute Gasteiger partial charge is 0.477 e. The first kappa shape index (κ1) is 23.9. The van der Waals surface area contributed by atoms with Crippen molar-refractivity contribution in [2.45, 2.75) is 16.6 Å². The Morgan fingerprint density at radius 1 is 1.06 bits per heavy atom. The van der Waals surface area contributed by atoms with Crippen molar-refractivity contribution in [3.05, 3.63) is 58.1 Å². The van der Waals surface area contributed by atoms with E-state index in [1.165, 1.54) is 0 Å². The number of nitrogens with one attached hydrogen (secondary N) is 1. The number of carbonyl (C=O) groups excluding carboxylic acids is 1. The fraction of sp³-hybridized carbons (Fsp3) is 0.188. The molecule has 15 heteroatoms. The molecule has 0 heterocycles. The molecule has 1 amide bonds. The van der Waals surface area contributed by atoms with Crippen LogP contribution in [0.4, 0.5) is 37.7 Å². The molecular formula is C16H10F6N2O6S. The van der Waals surface area contributed by atoms with Gasteiger partial charge in [0.25, 0.3) is 15.7 Å². The SMILES string of the molecule is O=C(COc1ccc(S(=O)(=O)C(F)(F)F)cc1[N+](=O)[O-])Nc1cccc(C(F)(F)F)c1. The highest BCUT2D eigenvalue weighted by Crippen LogP contribution is 2.35. The van der Waals surface area contributed by atoms with Gasteiger partial charge in [0.15, 0.2) is 12.4 Å². The summed E-state index contributed by atoms with van der Waals surface area (Å²) in [5, 5.41) is 13.1. The summed E-state index contributed by atoms with van der Waals surface area (Å²) < 4.78 is 103. The number of rotatable bonds is 6. The number of hydrogen-bond acceptors (Lipinski definition) is 6. The number of alkyl halides is 6. The van der Waals surface area contributed by atoms with Crippen LogP contribution >= 0.6 is 0 Å². The minimum absolute atomic E-state index is 0.114. The van der Waals surface area contributed by atoms with E-state index in [0.29, 0.717) is 18.2 Å². The van der Waals surface area contributed by atoms with Gasteiger partial charge in [0.2, 0.25) is 0 Å². The van der Waals surface area contributed by atoms with Gasteiger partial charge in [0.05, 0.1) is 15.4 Å². The first-order valence-corrected chi connectivity index (χ1v) is 9.31. The molecule has 0 atom stereocenters. The quantitative estimate of drug-likeness (QED) is 0.387. The van der Waals surface area contributed by atoms with Crippen LogP contribution in [0.25, 0.3) is 0 Å². The molecule has 0 radical (unpaired) electrons. The zero-order chi connectivity index (χ0) is 23.6. The van der Waals surface area contributed by atoms with E-state index < -0.39 is 60.9 Å². The van der Waals surface area contributed by atoms with Gasteiger partial charge in [-0.15, -0.1) is 0 Å². The third-order valence-corrected chi connectivity index (χ3v) is 5.06. The Morgan fingerprint density at radius 3 is 2.26 bits per heavy atom. The minimum Gasteiger partial charge on any atom is -0.477 e. The maximum absolute atomic E-state index is 12.7. The number of anilines is 1. The van der Waals surface area contributed by atoms with E-state index in [1.54, 1.807) is 0 Å². The lowest BCUT2D eigenvalue weighted by Crippen LogP contribution is -2.23. The number of nitrogens with zero attached hydrogens (tertiary/aromatic N) is 1. The summed E-state index contributed by atoms with van der Waals surface area (Å²) in [5.74, 6) is -1.77. The standard InChI is InChI=1S/C16H10F6N2O6S/c17-15(18,19)9-2-1-3-10(6-9)23-14(25)8-30-13-5-4-11(7-12(13)24(26)27)31(28,29)16(20,21)22/h1-7H,8H2,(H,23,25). The third-order valence-electron chi connectivity index (χ3n) is 3.57. The predicted octanol–water partition coefficient (Wildman–Crippen LogP) is 3.92. The average Bonchev–Trinajstić information content (AvgIpc) is 2.64. The fourth-order valence-electron chi connectivity index (χ4n) is 2.18. The van der Waals surface area contributed by atoms with E-state index in [9.17, 15) is 49.7 Å². The summed E-state index contributed by atoms with van der Waals surface area (Å²) in [7, 11) is -5.87. The van der Waals surface area contributed by atoms with Crippen molar-refractivity contribution in [1.82, 2.24) is 0 Å². The number of hydrogen-bond donors (Lipinski definition) is 1. The van der Waals surface area contributed by atoms with E-state index in [4.69, 9.17) is 4.74 Å². The molecular weight excluding hydrogens is 462 g/mol. The molecule has 0 aliphatic heterocycles. The van der Waals surface area contributed by atoms with Crippen LogP contribution in [0.3, 0.4) is 0 Å². The van der Waals surface area contributed by atoms with Crippen molar-refractivity contribution < 1.29 is 49.2 Å². The van der Waals surface area contributed by atoms with E-state index in [1.807, 2.05) is 0 Å². The van der Waals surface area contributed by atoms with Crippen molar-refractivity contribution in [3.63, 3.8) is 0 Å². The van der Waals surface area contributed by atoms with Crippen LogP contribution in [0.1, 0.15) is 5.56 Å². The summed E-state index contributed by atoms with van der Waals surface area (Å²) in [5.41, 5.74) is -8.18. The number of nitro benzene ring substituents is 1. The van der Waals surface area contributed by atoms with Crippen LogP contribution in [-0.4, -0.2) is 31.4 Å². The Kier molecular flexibility index (Phi) is 6.49. The highest BCUT2D eigenvalue weighted by Gasteiger charge is 2.47. The lowest BCUT2D eigenvalue weighted by molar-refractivity contribution is -0.386. The molecule has 0 saturated carbocycles. The van der Waals surface area contributed by atoms with E-state index in [2.05, 4.69) is 5.32 Å². The molecule has 1 N–H and O–H groups in total. The molecule has 168 valence electrons. The van der Waals surface area contributed by atoms with E-state index in [0.717, 1.165) is 18.2 Å². The average molecular weight is 472 g/mol. The molecule has 0 aromatic heterocycles. The van der Waals surface area contributed by atoms with Gasteiger partial charge in [-0.2, -0.15) is 26.3 Å². The van der Waals surface area contributed by atoms with Crippen LogP contribution in [-0.2, 0) is 20.8 Å². The largest absolute Gasteiger partial charge is 0.501 e. The summed E-state index contributed by atoms with van der Waals surface area (Å²) >= 11 is 0. The van der Waals surface area contributed by atoms with Gasteiger partial charge >= 0.3 is 17.4 Å². The second kappa shape index (κ2) is 8.41. The second-order valence-corrected chi connectivity index (χ2v) is 7.69. The second-order valence-electron chi connectivity index (χ2n) is 5.75. The topological polar surface area (TPSA) is 116 Å². The first-order valence-electron chi connectivity index (χ1n) is 7.82. The van der Waals surface area contributed by atoms with Gasteiger partial charge < -0.3 is 10.1 Å². The lowest BCUT2D eigenvalue weighted by atomic mass is 10.2. The number of halogens is 6. The monoisotopic (exact) mass is 472 g/mol. The molecule has 0 aliphatic carbocycles. The predicted molar refractivity (Wildman–Crippen MR) is 91.9 cm³/mol. The molecule has 2 rings (SSSR count). The van der Waals surface area contributed by atoms with Gasteiger partial charge in [-0.05, 0) is 30.3 Å². The van der Waals surface area contributed by atoms with Gasteiger partial charge in [0.1, 0.15) is 0 Å². The summed E-state index contributed by atoms with van der Waals surface area (Å²) in [4.78, 5) is 20.3. The maximum Gasteiger partial charge on any atom is 0.501 e. The Balaban J connectivity index is 2.18. The zero-order valence-corrected chi connectivity index (χ0v) is 15.6. The molecule has 0 spiro atoms. The molecule has 31 heavy (non-hydrogen) atoms. The Morgan fingerprint density at radius 2 is 1.71 bits per heavy atom. The number of carbonyl (C=O) groups is 1. The lowest BCUT2D eigenvalue weighted by Gasteiger charge is -2.11. The molecule has 0 bridgehead atoms. The van der Waals surface area contributed by atoms with Crippen LogP contribution in [0.15, 0.2) is 47.4 Å². The van der Waals surface area contributed by atoms with Crippen LogP contribution in [0.2, 0.25) is 0 Å². The number of ether oxygens (including phenoxy) is 1.